The third kappa shape index (κ3) is 3.66. The minimum Gasteiger partial charge on any atom is -0.372 e. The average Bonchev–Trinajstić information content (AvgIpc) is 3.06. The highest BCUT2D eigenvalue weighted by molar-refractivity contribution is 5.92. The average molecular weight is 354 g/mol. The summed E-state index contributed by atoms with van der Waals surface area (Å²) in [5.41, 5.74) is 1.98. The maximum atomic E-state index is 12.2. The van der Waals surface area contributed by atoms with Gasteiger partial charge in [0.05, 0.1) is 12.2 Å². The molecule has 1 atom stereocenters. The summed E-state index contributed by atoms with van der Waals surface area (Å²) in [6, 6.07) is 7.82. The van der Waals surface area contributed by atoms with Gasteiger partial charge in [0.1, 0.15) is 5.69 Å². The minimum absolute atomic E-state index is 0.0101. The van der Waals surface area contributed by atoms with E-state index < -0.39 is 0 Å². The molecule has 6 heteroatoms. The Hall–Kier alpha value is -2.18. The lowest BCUT2D eigenvalue weighted by Crippen LogP contribution is -2.64. The molecule has 6 nitrogen and oxygen atoms in total. The van der Waals surface area contributed by atoms with Crippen LogP contribution in [0.3, 0.4) is 0 Å². The van der Waals surface area contributed by atoms with E-state index in [4.69, 9.17) is 4.74 Å². The van der Waals surface area contributed by atoms with Crippen LogP contribution in [0.15, 0.2) is 42.9 Å². The minimum atomic E-state index is -0.0101. The Bertz CT molecular complexity index is 742. The molecule has 4 rings (SSSR count). The number of nitrogens with zero attached hydrogens (tertiary/aromatic N) is 3. The Morgan fingerprint density at radius 2 is 2.27 bits per heavy atom. The number of pyridine rings is 1. The molecule has 1 spiro atoms. The van der Waals surface area contributed by atoms with Crippen molar-refractivity contribution in [1.82, 2.24) is 19.8 Å². The largest absolute Gasteiger partial charge is 0.372 e. The van der Waals surface area contributed by atoms with Crippen LogP contribution >= 0.6 is 0 Å². The first-order chi connectivity index (χ1) is 12.6. The maximum absolute atomic E-state index is 12.2. The molecule has 1 amide bonds. The van der Waals surface area contributed by atoms with E-state index in [1.807, 2.05) is 48.4 Å². The highest BCUT2D eigenvalue weighted by Crippen LogP contribution is 2.36. The number of ether oxygens (including phenoxy) is 1. The molecule has 2 saturated heterocycles. The first-order valence-electron chi connectivity index (χ1n) is 9.28. The Kier molecular flexibility index (Phi) is 4.78. The number of carbonyl (C=O) groups is 1. The number of likely N-dealkylation sites (tertiary alicyclic amines) is 1. The Morgan fingerprint density at radius 1 is 1.38 bits per heavy atom. The second kappa shape index (κ2) is 7.21. The van der Waals surface area contributed by atoms with Crippen molar-refractivity contribution in [1.29, 1.82) is 0 Å². The van der Waals surface area contributed by atoms with Crippen LogP contribution in [0.5, 0.6) is 0 Å². The normalized spacial score (nSPS) is 22.1. The molecule has 0 radical (unpaired) electrons. The second-order valence-electron chi connectivity index (χ2n) is 7.62. The van der Waals surface area contributed by atoms with Gasteiger partial charge in [-0.3, -0.25) is 14.7 Å². The van der Waals surface area contributed by atoms with Crippen molar-refractivity contribution in [2.45, 2.75) is 25.0 Å². The molecule has 0 bridgehead atoms. The molecule has 2 aromatic heterocycles. The van der Waals surface area contributed by atoms with E-state index in [0.717, 1.165) is 39.1 Å². The van der Waals surface area contributed by atoms with Crippen molar-refractivity contribution < 1.29 is 9.53 Å². The summed E-state index contributed by atoms with van der Waals surface area (Å²) in [6.07, 6.45) is 7.80. The molecule has 2 aromatic rings. The predicted molar refractivity (Wildman–Crippen MR) is 98.7 cm³/mol. The highest BCUT2D eigenvalue weighted by atomic mass is 16.5. The summed E-state index contributed by atoms with van der Waals surface area (Å²) in [4.78, 5) is 18.8. The first kappa shape index (κ1) is 17.2. The molecule has 2 aliphatic rings. The van der Waals surface area contributed by atoms with E-state index in [1.165, 1.54) is 5.56 Å². The molecule has 4 heterocycles. The van der Waals surface area contributed by atoms with Crippen molar-refractivity contribution in [2.75, 3.05) is 26.2 Å². The highest BCUT2D eigenvalue weighted by Gasteiger charge is 2.46. The number of rotatable bonds is 5. The van der Waals surface area contributed by atoms with Gasteiger partial charge < -0.3 is 14.6 Å². The van der Waals surface area contributed by atoms with Crippen LogP contribution in [0.4, 0.5) is 0 Å². The van der Waals surface area contributed by atoms with Crippen LogP contribution in [-0.2, 0) is 18.3 Å². The predicted octanol–water partition coefficient (Wildman–Crippen LogP) is 1.83. The van der Waals surface area contributed by atoms with Gasteiger partial charge in [-0.25, -0.2) is 0 Å². The first-order valence-corrected chi connectivity index (χ1v) is 9.28. The lowest BCUT2D eigenvalue weighted by Gasteiger charge is -2.53. The summed E-state index contributed by atoms with van der Waals surface area (Å²) in [5.74, 6) is 0.390. The molecule has 2 aliphatic heterocycles. The van der Waals surface area contributed by atoms with E-state index in [-0.39, 0.29) is 11.5 Å². The SMILES string of the molecule is Cn1cccc1C(=O)NC[C@@H]1CCC2(CN(Cc3cccnc3)C2)OC1. The maximum Gasteiger partial charge on any atom is 0.267 e. The molecule has 0 aromatic carbocycles. The Labute approximate surface area is 154 Å². The third-order valence-electron chi connectivity index (χ3n) is 5.51. The molecule has 2 fully saturated rings. The molecule has 0 saturated carbocycles. The van der Waals surface area contributed by atoms with Crippen LogP contribution in [0, 0.1) is 5.92 Å². The van der Waals surface area contributed by atoms with Gasteiger partial charge in [-0.2, -0.15) is 0 Å². The van der Waals surface area contributed by atoms with Crippen molar-refractivity contribution in [3.63, 3.8) is 0 Å². The van der Waals surface area contributed by atoms with Gasteiger partial charge in [0, 0.05) is 51.8 Å². The second-order valence-corrected chi connectivity index (χ2v) is 7.62. The van der Waals surface area contributed by atoms with Gasteiger partial charge in [0.2, 0.25) is 0 Å². The summed E-state index contributed by atoms with van der Waals surface area (Å²) in [5, 5.41) is 3.04. The number of aryl methyl sites for hydroxylation is 1. The van der Waals surface area contributed by atoms with Crippen LogP contribution < -0.4 is 5.32 Å². The van der Waals surface area contributed by atoms with Crippen molar-refractivity contribution in [2.24, 2.45) is 13.0 Å². The van der Waals surface area contributed by atoms with Gasteiger partial charge in [-0.1, -0.05) is 6.07 Å². The number of nitrogens with one attached hydrogen (secondary N) is 1. The summed E-state index contributed by atoms with van der Waals surface area (Å²) < 4.78 is 8.06. The van der Waals surface area contributed by atoms with Crippen LogP contribution in [0.25, 0.3) is 0 Å². The smallest absolute Gasteiger partial charge is 0.267 e. The van der Waals surface area contributed by atoms with Gasteiger partial charge in [0.25, 0.3) is 5.91 Å². The zero-order chi connectivity index (χ0) is 18.0. The van der Waals surface area contributed by atoms with Crippen LogP contribution in [-0.4, -0.2) is 52.2 Å². The van der Waals surface area contributed by atoms with Gasteiger partial charge >= 0.3 is 0 Å². The zero-order valence-corrected chi connectivity index (χ0v) is 15.2. The van der Waals surface area contributed by atoms with E-state index in [1.54, 1.807) is 0 Å². The number of aromatic nitrogens is 2. The van der Waals surface area contributed by atoms with Crippen molar-refractivity contribution >= 4 is 5.91 Å². The molecule has 0 aliphatic carbocycles. The monoisotopic (exact) mass is 354 g/mol. The van der Waals surface area contributed by atoms with Gasteiger partial charge in [-0.05, 0) is 42.5 Å². The molecule has 0 unspecified atom stereocenters. The van der Waals surface area contributed by atoms with Gasteiger partial charge in [0.15, 0.2) is 0 Å². The quantitative estimate of drug-likeness (QED) is 0.890. The van der Waals surface area contributed by atoms with E-state index in [0.29, 0.717) is 18.2 Å². The van der Waals surface area contributed by atoms with Crippen LogP contribution in [0.1, 0.15) is 28.9 Å². The standard InChI is InChI=1S/C20H26N4O2/c1-23-9-3-5-18(23)19(25)22-11-17-6-7-20(26-13-17)14-24(15-20)12-16-4-2-8-21-10-16/h2-5,8-10,17H,6-7,11-15H2,1H3,(H,22,25)/t17-/m0/s1. The number of hydrogen-bond donors (Lipinski definition) is 1. The fourth-order valence-corrected chi connectivity index (χ4v) is 3.98. The Balaban J connectivity index is 1.19. The van der Waals surface area contributed by atoms with Crippen LogP contribution in [0.2, 0.25) is 0 Å². The topological polar surface area (TPSA) is 59.4 Å². The molecule has 26 heavy (non-hydrogen) atoms. The number of carbonyl (C=O) groups excluding carboxylic acids is 1. The molecular weight excluding hydrogens is 328 g/mol. The summed E-state index contributed by atoms with van der Waals surface area (Å²) in [6.45, 7) is 4.33. The summed E-state index contributed by atoms with van der Waals surface area (Å²) in [7, 11) is 1.89. The lowest BCUT2D eigenvalue weighted by atomic mass is 9.82. The molecule has 1 N–H and O–H groups in total. The Morgan fingerprint density at radius 3 is 2.92 bits per heavy atom. The van der Waals surface area contributed by atoms with Crippen molar-refractivity contribution in [3.8, 4) is 0 Å². The zero-order valence-electron chi connectivity index (χ0n) is 15.2. The van der Waals surface area contributed by atoms with E-state index in [2.05, 4.69) is 21.3 Å². The summed E-state index contributed by atoms with van der Waals surface area (Å²) >= 11 is 0. The third-order valence-corrected chi connectivity index (χ3v) is 5.51. The van der Waals surface area contributed by atoms with Crippen molar-refractivity contribution in [3.05, 3.63) is 54.1 Å². The van der Waals surface area contributed by atoms with Gasteiger partial charge in [-0.15, -0.1) is 0 Å². The fraction of sp³-hybridized carbons (Fsp3) is 0.500. The lowest BCUT2D eigenvalue weighted by molar-refractivity contribution is -0.181. The molecular formula is C20H26N4O2. The van der Waals surface area contributed by atoms with E-state index in [9.17, 15) is 4.79 Å². The number of amides is 1. The number of hydrogen-bond acceptors (Lipinski definition) is 4. The molecule has 138 valence electrons. The fourth-order valence-electron chi connectivity index (χ4n) is 3.98. The van der Waals surface area contributed by atoms with E-state index >= 15 is 0 Å².